The van der Waals surface area contributed by atoms with Gasteiger partial charge in [0, 0.05) is 31.9 Å². The van der Waals surface area contributed by atoms with E-state index in [1.165, 1.54) is 0 Å². The maximum Gasteiger partial charge on any atom is 0.257 e. The summed E-state index contributed by atoms with van der Waals surface area (Å²) in [6.45, 7) is 0.553. The molecule has 2 aromatic heterocycles. The minimum atomic E-state index is -0.315. The highest BCUT2D eigenvalue weighted by molar-refractivity contribution is 9.10. The fraction of sp³-hybridized carbons (Fsp3) is 0.471. The van der Waals surface area contributed by atoms with Gasteiger partial charge in [0.2, 0.25) is 0 Å². The minimum Gasteiger partial charge on any atom is -0.393 e. The van der Waals surface area contributed by atoms with Gasteiger partial charge in [-0.3, -0.25) is 4.79 Å². The number of carbonyl (C=O) groups is 1. The minimum absolute atomic E-state index is 0.109. The molecule has 1 aliphatic carbocycles. The zero-order valence-electron chi connectivity index (χ0n) is 13.6. The normalized spacial score (nSPS) is 20.8. The quantitative estimate of drug-likeness (QED) is 0.867. The topological polar surface area (TPSA) is 71.2 Å². The second-order valence-electron chi connectivity index (χ2n) is 6.28. The van der Waals surface area contributed by atoms with Crippen LogP contribution >= 0.6 is 15.9 Å². The summed E-state index contributed by atoms with van der Waals surface area (Å²) < 4.78 is 2.41. The molecule has 1 fully saturated rings. The molecule has 0 saturated heterocycles. The van der Waals surface area contributed by atoms with Crippen molar-refractivity contribution in [3.63, 3.8) is 0 Å². The molecule has 128 valence electrons. The number of aromatic nitrogens is 3. The van der Waals surface area contributed by atoms with Gasteiger partial charge >= 0.3 is 0 Å². The molecule has 0 aromatic carbocycles. The Morgan fingerprint density at radius 1 is 1.46 bits per heavy atom. The van der Waals surface area contributed by atoms with Gasteiger partial charge in [0.1, 0.15) is 0 Å². The van der Waals surface area contributed by atoms with Gasteiger partial charge in [0.05, 0.1) is 22.3 Å². The Morgan fingerprint density at radius 2 is 2.25 bits per heavy atom. The van der Waals surface area contributed by atoms with E-state index in [1.807, 2.05) is 0 Å². The third-order valence-electron chi connectivity index (χ3n) is 4.51. The Balaban J connectivity index is 1.79. The Kier molecular flexibility index (Phi) is 5.30. The van der Waals surface area contributed by atoms with Crippen LogP contribution in [0.2, 0.25) is 0 Å². The molecule has 24 heavy (non-hydrogen) atoms. The predicted octanol–water partition coefficient (Wildman–Crippen LogP) is 2.65. The van der Waals surface area contributed by atoms with Crippen molar-refractivity contribution < 1.29 is 9.90 Å². The third-order valence-corrected chi connectivity index (χ3v) is 4.92. The SMILES string of the molecule is CN(CC1CCCCC1O)C(=O)c1cccnc1-n1cc(Br)cn1. The zero-order chi connectivity index (χ0) is 17.1. The molecule has 0 aliphatic heterocycles. The largest absolute Gasteiger partial charge is 0.393 e. The lowest BCUT2D eigenvalue weighted by Crippen LogP contribution is -2.38. The molecule has 1 amide bonds. The first-order valence-electron chi connectivity index (χ1n) is 8.15. The fourth-order valence-corrected chi connectivity index (χ4v) is 3.49. The summed E-state index contributed by atoms with van der Waals surface area (Å²) in [4.78, 5) is 18.9. The number of rotatable bonds is 4. The molecule has 1 aliphatic rings. The Labute approximate surface area is 149 Å². The van der Waals surface area contributed by atoms with Crippen molar-refractivity contribution in [1.29, 1.82) is 0 Å². The Hall–Kier alpha value is -1.73. The van der Waals surface area contributed by atoms with Crippen molar-refractivity contribution in [2.75, 3.05) is 13.6 Å². The van der Waals surface area contributed by atoms with E-state index in [1.54, 1.807) is 47.4 Å². The van der Waals surface area contributed by atoms with E-state index in [0.29, 0.717) is 17.9 Å². The number of hydrogen-bond donors (Lipinski definition) is 1. The summed E-state index contributed by atoms with van der Waals surface area (Å²) in [5, 5.41) is 14.3. The summed E-state index contributed by atoms with van der Waals surface area (Å²) in [5.41, 5.74) is 0.501. The van der Waals surface area contributed by atoms with Crippen molar-refractivity contribution in [2.24, 2.45) is 5.92 Å². The Morgan fingerprint density at radius 3 is 2.96 bits per heavy atom. The van der Waals surface area contributed by atoms with Crippen LogP contribution in [0.5, 0.6) is 0 Å². The molecule has 0 bridgehead atoms. The van der Waals surface area contributed by atoms with Gasteiger partial charge in [0.25, 0.3) is 5.91 Å². The van der Waals surface area contributed by atoms with Crippen LogP contribution in [0.15, 0.2) is 35.2 Å². The molecule has 1 saturated carbocycles. The van der Waals surface area contributed by atoms with Crippen molar-refractivity contribution in [3.8, 4) is 5.82 Å². The zero-order valence-corrected chi connectivity index (χ0v) is 15.2. The van der Waals surface area contributed by atoms with Crippen molar-refractivity contribution in [1.82, 2.24) is 19.7 Å². The number of carbonyl (C=O) groups excluding carboxylic acids is 1. The van der Waals surface area contributed by atoms with E-state index >= 15 is 0 Å². The number of hydrogen-bond acceptors (Lipinski definition) is 4. The summed E-state index contributed by atoms with van der Waals surface area (Å²) in [6.07, 6.45) is 8.72. The molecule has 7 heteroatoms. The third kappa shape index (κ3) is 3.67. The second-order valence-corrected chi connectivity index (χ2v) is 7.19. The van der Waals surface area contributed by atoms with Crippen molar-refractivity contribution in [2.45, 2.75) is 31.8 Å². The van der Waals surface area contributed by atoms with E-state index in [0.717, 1.165) is 30.2 Å². The molecule has 2 heterocycles. The highest BCUT2D eigenvalue weighted by Gasteiger charge is 2.27. The maximum atomic E-state index is 12.9. The highest BCUT2D eigenvalue weighted by atomic mass is 79.9. The molecular weight excluding hydrogens is 372 g/mol. The number of amides is 1. The van der Waals surface area contributed by atoms with Crippen molar-refractivity contribution in [3.05, 3.63) is 40.8 Å². The second kappa shape index (κ2) is 7.44. The van der Waals surface area contributed by atoms with Gasteiger partial charge in [-0.25, -0.2) is 9.67 Å². The van der Waals surface area contributed by atoms with Gasteiger partial charge in [0.15, 0.2) is 5.82 Å². The first kappa shape index (κ1) is 17.1. The number of aliphatic hydroxyl groups excluding tert-OH is 1. The van der Waals surface area contributed by atoms with Crippen LogP contribution in [0.1, 0.15) is 36.0 Å². The predicted molar refractivity (Wildman–Crippen MR) is 94.0 cm³/mol. The van der Waals surface area contributed by atoms with Gasteiger partial charge in [-0.2, -0.15) is 5.10 Å². The van der Waals surface area contributed by atoms with Gasteiger partial charge < -0.3 is 10.0 Å². The molecule has 2 unspecified atom stereocenters. The number of pyridine rings is 1. The van der Waals surface area contributed by atoms with Crippen LogP contribution in [-0.2, 0) is 0 Å². The van der Waals surface area contributed by atoms with Gasteiger partial charge in [-0.15, -0.1) is 0 Å². The average Bonchev–Trinajstić information content (AvgIpc) is 3.02. The lowest BCUT2D eigenvalue weighted by atomic mass is 9.86. The molecule has 3 rings (SSSR count). The molecule has 1 N–H and O–H groups in total. The van der Waals surface area contributed by atoms with Crippen LogP contribution in [0.3, 0.4) is 0 Å². The highest BCUT2D eigenvalue weighted by Crippen LogP contribution is 2.25. The first-order valence-corrected chi connectivity index (χ1v) is 8.94. The molecule has 0 radical (unpaired) electrons. The first-order chi connectivity index (χ1) is 11.6. The number of nitrogens with zero attached hydrogens (tertiary/aromatic N) is 4. The van der Waals surface area contributed by atoms with Gasteiger partial charge in [-0.05, 0) is 40.9 Å². The van der Waals surface area contributed by atoms with Crippen molar-refractivity contribution >= 4 is 21.8 Å². The van der Waals surface area contributed by atoms with Crippen LogP contribution in [0.4, 0.5) is 0 Å². The summed E-state index contributed by atoms with van der Waals surface area (Å²) in [5.74, 6) is 0.540. The summed E-state index contributed by atoms with van der Waals surface area (Å²) in [7, 11) is 1.78. The van der Waals surface area contributed by atoms with E-state index in [4.69, 9.17) is 0 Å². The lowest BCUT2D eigenvalue weighted by Gasteiger charge is -2.31. The number of halogens is 1. The number of aliphatic hydroxyl groups is 1. The fourth-order valence-electron chi connectivity index (χ4n) is 3.20. The van der Waals surface area contributed by atoms with Crippen LogP contribution in [-0.4, -0.2) is 50.4 Å². The van der Waals surface area contributed by atoms with Crippen LogP contribution in [0.25, 0.3) is 5.82 Å². The smallest absolute Gasteiger partial charge is 0.257 e. The van der Waals surface area contributed by atoms with Crippen LogP contribution in [0, 0.1) is 5.92 Å². The molecular formula is C17H21BrN4O2. The monoisotopic (exact) mass is 392 g/mol. The summed E-state index contributed by atoms with van der Waals surface area (Å²) in [6, 6.07) is 3.51. The molecule has 0 spiro atoms. The molecule has 2 aromatic rings. The average molecular weight is 393 g/mol. The van der Waals surface area contributed by atoms with E-state index in [-0.39, 0.29) is 17.9 Å². The standard InChI is InChI=1S/C17H21BrN4O2/c1-21(10-12-5-2-3-7-15(12)23)17(24)14-6-4-8-19-16(14)22-11-13(18)9-20-22/h4,6,8-9,11-12,15,23H,2-3,5,7,10H2,1H3. The van der Waals surface area contributed by atoms with Gasteiger partial charge in [-0.1, -0.05) is 12.8 Å². The maximum absolute atomic E-state index is 12.9. The Bertz CT molecular complexity index is 718. The summed E-state index contributed by atoms with van der Waals surface area (Å²) >= 11 is 3.36. The van der Waals surface area contributed by atoms with E-state index in [9.17, 15) is 9.90 Å². The van der Waals surface area contributed by atoms with Crippen LogP contribution < -0.4 is 0 Å². The van der Waals surface area contributed by atoms with E-state index in [2.05, 4.69) is 26.0 Å². The lowest BCUT2D eigenvalue weighted by molar-refractivity contribution is 0.0451. The molecule has 2 atom stereocenters. The van der Waals surface area contributed by atoms with E-state index < -0.39 is 0 Å². The molecule has 6 nitrogen and oxygen atoms in total.